The molecule has 0 fully saturated rings. The van der Waals surface area contributed by atoms with E-state index >= 15 is 0 Å². The quantitative estimate of drug-likeness (QED) is 0.723. The van der Waals surface area contributed by atoms with Gasteiger partial charge in [0.25, 0.3) is 0 Å². The molecule has 0 saturated carbocycles. The van der Waals surface area contributed by atoms with Crippen LogP contribution in [-0.2, 0) is 16.4 Å². The fourth-order valence-electron chi connectivity index (χ4n) is 1.67. The van der Waals surface area contributed by atoms with Gasteiger partial charge in [0.05, 0.1) is 4.90 Å². The topological polar surface area (TPSA) is 86.2 Å². The Morgan fingerprint density at radius 1 is 0.941 bits per heavy atom. The number of sulfonamides is 1. The van der Waals surface area contributed by atoms with Crippen LogP contribution in [0.1, 0.15) is 31.2 Å². The summed E-state index contributed by atoms with van der Waals surface area (Å²) in [6, 6.07) is 6.76. The third-order valence-corrected chi connectivity index (χ3v) is 3.60. The molecule has 0 heterocycles. The normalized spacial score (nSPS) is 11.6. The number of primary sulfonamides is 1. The highest BCUT2D eigenvalue weighted by molar-refractivity contribution is 7.89. The fraction of sp³-hybridized carbons (Fsp3) is 0.500. The van der Waals surface area contributed by atoms with E-state index in [1.165, 1.54) is 0 Å². The molecule has 17 heavy (non-hydrogen) atoms. The van der Waals surface area contributed by atoms with Crippen LogP contribution in [0.2, 0.25) is 0 Å². The van der Waals surface area contributed by atoms with E-state index in [2.05, 4.69) is 0 Å². The largest absolute Gasteiger partial charge is 0.330 e. The van der Waals surface area contributed by atoms with Gasteiger partial charge in [0.15, 0.2) is 0 Å². The zero-order chi connectivity index (χ0) is 12.7. The molecule has 0 saturated heterocycles. The minimum atomic E-state index is -3.57. The summed E-state index contributed by atoms with van der Waals surface area (Å²) in [6.45, 7) is 0.753. The van der Waals surface area contributed by atoms with Crippen molar-refractivity contribution in [3.63, 3.8) is 0 Å². The summed E-state index contributed by atoms with van der Waals surface area (Å²) in [5, 5.41) is 5.02. The minimum Gasteiger partial charge on any atom is -0.330 e. The molecule has 1 aromatic rings. The molecular formula is C12H20N2O2S. The van der Waals surface area contributed by atoms with Gasteiger partial charge in [-0.2, -0.15) is 0 Å². The smallest absolute Gasteiger partial charge is 0.238 e. The molecule has 0 aliphatic carbocycles. The van der Waals surface area contributed by atoms with Crippen LogP contribution in [0.25, 0.3) is 0 Å². The van der Waals surface area contributed by atoms with E-state index in [-0.39, 0.29) is 4.90 Å². The van der Waals surface area contributed by atoms with Crippen molar-refractivity contribution in [3.8, 4) is 0 Å². The molecule has 1 rings (SSSR count). The third-order valence-electron chi connectivity index (χ3n) is 2.67. The van der Waals surface area contributed by atoms with Gasteiger partial charge in [-0.3, -0.25) is 0 Å². The predicted octanol–water partition coefficient (Wildman–Crippen LogP) is 1.40. The molecule has 0 aliphatic heterocycles. The number of hydrogen-bond donors (Lipinski definition) is 2. The Labute approximate surface area is 103 Å². The first kappa shape index (κ1) is 14.2. The number of rotatable bonds is 7. The third kappa shape index (κ3) is 5.30. The molecule has 5 heteroatoms. The Balaban J connectivity index is 2.41. The monoisotopic (exact) mass is 256 g/mol. The standard InChI is InChI=1S/C12H20N2O2S/c13-10-4-2-1-3-5-11-6-8-12(9-7-11)17(14,15)16/h6-9H,1-5,10,13H2,(H2,14,15,16). The molecule has 0 aliphatic rings. The molecule has 4 nitrogen and oxygen atoms in total. The van der Waals surface area contributed by atoms with Crippen LogP contribution in [-0.4, -0.2) is 15.0 Å². The molecule has 0 aromatic heterocycles. The molecule has 0 amide bonds. The summed E-state index contributed by atoms with van der Waals surface area (Å²) in [7, 11) is -3.57. The van der Waals surface area contributed by atoms with E-state index in [0.717, 1.165) is 44.2 Å². The first-order valence-electron chi connectivity index (χ1n) is 5.86. The zero-order valence-corrected chi connectivity index (χ0v) is 10.7. The zero-order valence-electron chi connectivity index (χ0n) is 9.93. The summed E-state index contributed by atoms with van der Waals surface area (Å²) in [4.78, 5) is 0.171. The second kappa shape index (κ2) is 6.74. The van der Waals surface area contributed by atoms with Crippen molar-refractivity contribution in [1.29, 1.82) is 0 Å². The molecule has 4 N–H and O–H groups in total. The highest BCUT2D eigenvalue weighted by atomic mass is 32.2. The Morgan fingerprint density at radius 3 is 2.06 bits per heavy atom. The van der Waals surface area contributed by atoms with Gasteiger partial charge in [-0.15, -0.1) is 0 Å². The van der Waals surface area contributed by atoms with Crippen LogP contribution >= 0.6 is 0 Å². The average Bonchev–Trinajstić information content (AvgIpc) is 2.28. The Morgan fingerprint density at radius 2 is 1.53 bits per heavy atom. The van der Waals surface area contributed by atoms with Crippen LogP contribution in [0.3, 0.4) is 0 Å². The van der Waals surface area contributed by atoms with Crippen LogP contribution in [0, 0.1) is 0 Å². The van der Waals surface area contributed by atoms with E-state index < -0.39 is 10.0 Å². The SMILES string of the molecule is NCCCCCCc1ccc(S(N)(=O)=O)cc1. The lowest BCUT2D eigenvalue weighted by Gasteiger charge is -2.03. The van der Waals surface area contributed by atoms with Gasteiger partial charge in [0.2, 0.25) is 10.0 Å². The van der Waals surface area contributed by atoms with Crippen molar-refractivity contribution in [2.75, 3.05) is 6.54 Å². The molecule has 1 aromatic carbocycles. The van der Waals surface area contributed by atoms with Gasteiger partial charge >= 0.3 is 0 Å². The number of benzene rings is 1. The second-order valence-electron chi connectivity index (χ2n) is 4.14. The maximum absolute atomic E-state index is 11.0. The molecule has 0 spiro atoms. The summed E-state index contributed by atoms with van der Waals surface area (Å²) in [5.41, 5.74) is 6.55. The number of nitrogens with two attached hydrogens (primary N) is 2. The van der Waals surface area contributed by atoms with E-state index in [9.17, 15) is 8.42 Å². The highest BCUT2D eigenvalue weighted by Gasteiger charge is 2.06. The molecule has 0 bridgehead atoms. The predicted molar refractivity (Wildman–Crippen MR) is 69.0 cm³/mol. The lowest BCUT2D eigenvalue weighted by atomic mass is 10.1. The average molecular weight is 256 g/mol. The summed E-state index contributed by atoms with van der Waals surface area (Å²) in [6.07, 6.45) is 5.47. The highest BCUT2D eigenvalue weighted by Crippen LogP contribution is 2.11. The minimum absolute atomic E-state index is 0.171. The van der Waals surface area contributed by atoms with Crippen molar-refractivity contribution in [1.82, 2.24) is 0 Å². The molecule has 96 valence electrons. The van der Waals surface area contributed by atoms with Crippen molar-refractivity contribution in [2.24, 2.45) is 10.9 Å². The van der Waals surface area contributed by atoms with Crippen molar-refractivity contribution in [2.45, 2.75) is 37.0 Å². The summed E-state index contributed by atoms with van der Waals surface area (Å²) in [5.74, 6) is 0. The van der Waals surface area contributed by atoms with Crippen LogP contribution in [0.4, 0.5) is 0 Å². The van der Waals surface area contributed by atoms with Crippen molar-refractivity contribution >= 4 is 10.0 Å². The maximum Gasteiger partial charge on any atom is 0.238 e. The van der Waals surface area contributed by atoms with Crippen LogP contribution in [0.5, 0.6) is 0 Å². The van der Waals surface area contributed by atoms with Gasteiger partial charge in [0, 0.05) is 0 Å². The Bertz CT molecular complexity index is 426. The van der Waals surface area contributed by atoms with E-state index in [1.807, 2.05) is 12.1 Å². The first-order valence-corrected chi connectivity index (χ1v) is 7.40. The van der Waals surface area contributed by atoms with E-state index in [1.54, 1.807) is 12.1 Å². The molecule has 0 unspecified atom stereocenters. The molecular weight excluding hydrogens is 236 g/mol. The van der Waals surface area contributed by atoms with Gasteiger partial charge < -0.3 is 5.73 Å². The summed E-state index contributed by atoms with van der Waals surface area (Å²) < 4.78 is 22.1. The van der Waals surface area contributed by atoms with E-state index in [4.69, 9.17) is 10.9 Å². The number of aryl methyl sites for hydroxylation is 1. The fourth-order valence-corrected chi connectivity index (χ4v) is 2.19. The van der Waals surface area contributed by atoms with Gasteiger partial charge in [0.1, 0.15) is 0 Å². The van der Waals surface area contributed by atoms with Gasteiger partial charge in [-0.25, -0.2) is 13.6 Å². The lowest BCUT2D eigenvalue weighted by molar-refractivity contribution is 0.597. The maximum atomic E-state index is 11.0. The number of hydrogen-bond acceptors (Lipinski definition) is 3. The van der Waals surface area contributed by atoms with Crippen molar-refractivity contribution < 1.29 is 8.42 Å². The van der Waals surface area contributed by atoms with E-state index in [0.29, 0.717) is 0 Å². The molecule has 0 atom stereocenters. The lowest BCUT2D eigenvalue weighted by Crippen LogP contribution is -2.11. The second-order valence-corrected chi connectivity index (χ2v) is 5.70. The Hall–Kier alpha value is -0.910. The first-order chi connectivity index (χ1) is 8.04. The molecule has 0 radical (unpaired) electrons. The van der Waals surface area contributed by atoms with Crippen LogP contribution in [0.15, 0.2) is 29.2 Å². The van der Waals surface area contributed by atoms with Gasteiger partial charge in [-0.1, -0.05) is 25.0 Å². The Kier molecular flexibility index (Phi) is 5.61. The van der Waals surface area contributed by atoms with Crippen molar-refractivity contribution in [3.05, 3.63) is 29.8 Å². The van der Waals surface area contributed by atoms with Crippen LogP contribution < -0.4 is 10.9 Å². The van der Waals surface area contributed by atoms with Gasteiger partial charge in [-0.05, 0) is 43.5 Å². The summed E-state index contributed by atoms with van der Waals surface area (Å²) >= 11 is 0. The number of unbranched alkanes of at least 4 members (excludes halogenated alkanes) is 3.